The first-order valence-electron chi connectivity index (χ1n) is 13.1. The van der Waals surface area contributed by atoms with E-state index in [1.807, 2.05) is 20.8 Å². The van der Waals surface area contributed by atoms with Crippen molar-refractivity contribution in [2.75, 3.05) is 0 Å². The fourth-order valence-electron chi connectivity index (χ4n) is 8.42. The number of ketones is 1. The van der Waals surface area contributed by atoms with Crippen LogP contribution < -0.4 is 0 Å². The van der Waals surface area contributed by atoms with Crippen molar-refractivity contribution in [2.45, 2.75) is 121 Å². The van der Waals surface area contributed by atoms with Crippen LogP contribution in [0.1, 0.15) is 79.6 Å². The van der Waals surface area contributed by atoms with Gasteiger partial charge in [-0.1, -0.05) is 27.7 Å². The van der Waals surface area contributed by atoms with Gasteiger partial charge >= 0.3 is 0 Å². The Bertz CT molecular complexity index is 900. The summed E-state index contributed by atoms with van der Waals surface area (Å²) in [5.41, 5.74) is -7.02. The summed E-state index contributed by atoms with van der Waals surface area (Å²) in [6.07, 6.45) is -1.83. The lowest BCUT2D eigenvalue weighted by Crippen LogP contribution is -2.71. The summed E-state index contributed by atoms with van der Waals surface area (Å²) in [7, 11) is 0. The first-order chi connectivity index (χ1) is 16.0. The van der Waals surface area contributed by atoms with Crippen molar-refractivity contribution < 1.29 is 40.5 Å². The minimum absolute atomic E-state index is 0.0989. The monoisotopic (exact) mass is 496 g/mol. The molecule has 0 radical (unpaired) electrons. The van der Waals surface area contributed by atoms with Gasteiger partial charge in [0.15, 0.2) is 5.78 Å². The van der Waals surface area contributed by atoms with Crippen LogP contribution in [0.3, 0.4) is 0 Å². The van der Waals surface area contributed by atoms with E-state index in [4.69, 9.17) is 0 Å². The molecule has 0 aromatic heterocycles. The van der Waals surface area contributed by atoms with E-state index < -0.39 is 69.7 Å². The van der Waals surface area contributed by atoms with Crippen LogP contribution in [-0.2, 0) is 4.79 Å². The predicted octanol–water partition coefficient (Wildman–Crippen LogP) is 0.825. The third kappa shape index (κ3) is 3.55. The van der Waals surface area contributed by atoms with Crippen LogP contribution in [0.2, 0.25) is 0 Å². The molecule has 0 aliphatic heterocycles. The zero-order valence-corrected chi connectivity index (χ0v) is 21.6. The van der Waals surface area contributed by atoms with Crippen molar-refractivity contribution in [3.05, 3.63) is 11.6 Å². The number of carbonyl (C=O) groups excluding carboxylic acids is 1. The molecule has 3 fully saturated rings. The number of aliphatic hydroxyl groups is 7. The summed E-state index contributed by atoms with van der Waals surface area (Å²) < 4.78 is 0. The van der Waals surface area contributed by atoms with Crippen LogP contribution in [0.25, 0.3) is 0 Å². The highest BCUT2D eigenvalue weighted by Gasteiger charge is 2.73. The number of hydrogen-bond donors (Lipinski definition) is 7. The van der Waals surface area contributed by atoms with E-state index in [1.54, 1.807) is 13.8 Å². The van der Waals surface area contributed by atoms with E-state index in [1.165, 1.54) is 6.08 Å². The topological polar surface area (TPSA) is 159 Å². The first kappa shape index (κ1) is 27.2. The van der Waals surface area contributed by atoms with E-state index in [9.17, 15) is 40.5 Å². The Kier molecular flexibility index (Phi) is 6.46. The molecule has 3 saturated carbocycles. The van der Waals surface area contributed by atoms with Gasteiger partial charge < -0.3 is 35.7 Å². The van der Waals surface area contributed by atoms with Crippen LogP contribution in [0.4, 0.5) is 0 Å². The smallest absolute Gasteiger partial charge is 0.187 e. The van der Waals surface area contributed by atoms with Crippen molar-refractivity contribution in [2.24, 2.45) is 28.6 Å². The number of rotatable bonds is 5. The normalized spacial score (nSPS) is 50.1. The quantitative estimate of drug-likeness (QED) is 0.295. The molecule has 0 saturated heterocycles. The second-order valence-corrected chi connectivity index (χ2v) is 13.1. The highest BCUT2D eigenvalue weighted by molar-refractivity contribution is 6.00. The van der Waals surface area contributed by atoms with Gasteiger partial charge in [0.1, 0.15) is 5.60 Å². The van der Waals surface area contributed by atoms with Crippen molar-refractivity contribution >= 4 is 5.78 Å². The van der Waals surface area contributed by atoms with Crippen molar-refractivity contribution in [1.29, 1.82) is 0 Å². The molecular weight excluding hydrogens is 452 g/mol. The molecular formula is C27H44O8. The maximum absolute atomic E-state index is 13.3. The summed E-state index contributed by atoms with van der Waals surface area (Å²) in [6.45, 7) is 9.14. The fraction of sp³-hybridized carbons (Fsp3) is 0.889. The molecule has 0 bridgehead atoms. The molecule has 200 valence electrons. The third-order valence-electron chi connectivity index (χ3n) is 10.6. The Hall–Kier alpha value is -0.870. The van der Waals surface area contributed by atoms with Crippen molar-refractivity contribution in [1.82, 2.24) is 0 Å². The molecule has 4 aliphatic carbocycles. The molecule has 0 heterocycles. The van der Waals surface area contributed by atoms with Gasteiger partial charge in [-0.25, -0.2) is 0 Å². The van der Waals surface area contributed by atoms with Crippen LogP contribution in [-0.4, -0.2) is 82.7 Å². The van der Waals surface area contributed by atoms with E-state index in [0.29, 0.717) is 24.3 Å². The van der Waals surface area contributed by atoms with E-state index >= 15 is 0 Å². The molecule has 0 aromatic rings. The first-order valence-corrected chi connectivity index (χ1v) is 13.1. The van der Waals surface area contributed by atoms with Crippen LogP contribution in [0.5, 0.6) is 0 Å². The number of carbonyl (C=O) groups is 1. The zero-order chi connectivity index (χ0) is 26.4. The maximum Gasteiger partial charge on any atom is 0.187 e. The fourth-order valence-corrected chi connectivity index (χ4v) is 8.42. The Morgan fingerprint density at radius 2 is 1.54 bits per heavy atom. The van der Waals surface area contributed by atoms with Gasteiger partial charge in [-0.2, -0.15) is 0 Å². The molecule has 11 atom stereocenters. The molecule has 4 rings (SSSR count). The van der Waals surface area contributed by atoms with E-state index in [-0.39, 0.29) is 25.7 Å². The van der Waals surface area contributed by atoms with Gasteiger partial charge in [-0.15, -0.1) is 0 Å². The lowest BCUT2D eigenvalue weighted by molar-refractivity contribution is -0.228. The second kappa shape index (κ2) is 8.32. The number of hydrogen-bond acceptors (Lipinski definition) is 8. The lowest BCUT2D eigenvalue weighted by Gasteiger charge is -2.64. The highest BCUT2D eigenvalue weighted by Crippen LogP contribution is 2.69. The number of aliphatic hydroxyl groups excluding tert-OH is 4. The van der Waals surface area contributed by atoms with Gasteiger partial charge in [0.2, 0.25) is 0 Å². The maximum atomic E-state index is 13.3. The Labute approximate surface area is 207 Å². The molecule has 8 nitrogen and oxygen atoms in total. The standard InChI is InChI=1S/C27H44O8/c1-14(2)6-7-20(31)25(5,33)19-8-9-26(34)15-10-21(32)27(35)13-17(29)16(28)11-24(27,4)22(15)18(30)12-23(19,26)3/h10,14,16-20,22,28-31,33-35H,6-9,11-13H2,1-5H3/t16?,17?,18?,19?,20?,22?,23-,24-,25-,26-,27-/m1/s1. The van der Waals surface area contributed by atoms with Gasteiger partial charge in [-0.3, -0.25) is 4.79 Å². The summed E-state index contributed by atoms with van der Waals surface area (Å²) in [5, 5.41) is 78.4. The molecule has 7 N–H and O–H groups in total. The summed E-state index contributed by atoms with van der Waals surface area (Å²) in [6, 6.07) is 0. The average molecular weight is 497 g/mol. The Morgan fingerprint density at radius 3 is 2.14 bits per heavy atom. The molecule has 35 heavy (non-hydrogen) atoms. The molecule has 4 aliphatic rings. The summed E-state index contributed by atoms with van der Waals surface area (Å²) in [4.78, 5) is 13.3. The van der Waals surface area contributed by atoms with Crippen LogP contribution in [0, 0.1) is 28.6 Å². The van der Waals surface area contributed by atoms with Crippen LogP contribution >= 0.6 is 0 Å². The average Bonchev–Trinajstić information content (AvgIpc) is 3.01. The minimum atomic E-state index is -1.97. The lowest BCUT2D eigenvalue weighted by atomic mass is 9.43. The highest BCUT2D eigenvalue weighted by atomic mass is 16.3. The zero-order valence-electron chi connectivity index (χ0n) is 21.6. The van der Waals surface area contributed by atoms with Crippen molar-refractivity contribution in [3.63, 3.8) is 0 Å². The molecule has 0 aromatic carbocycles. The largest absolute Gasteiger partial charge is 0.392 e. The van der Waals surface area contributed by atoms with Gasteiger partial charge in [0, 0.05) is 23.2 Å². The summed E-state index contributed by atoms with van der Waals surface area (Å²) in [5.74, 6) is -1.63. The molecule has 8 heteroatoms. The molecule has 0 amide bonds. The van der Waals surface area contributed by atoms with Gasteiger partial charge in [0.05, 0.1) is 35.6 Å². The van der Waals surface area contributed by atoms with Gasteiger partial charge in [0.25, 0.3) is 0 Å². The Morgan fingerprint density at radius 1 is 0.971 bits per heavy atom. The number of fused-ring (bicyclic) bond motifs is 5. The minimum Gasteiger partial charge on any atom is -0.392 e. The van der Waals surface area contributed by atoms with Gasteiger partial charge in [-0.05, 0) is 68.9 Å². The molecule has 0 spiro atoms. The third-order valence-corrected chi connectivity index (χ3v) is 10.6. The van der Waals surface area contributed by atoms with Crippen molar-refractivity contribution in [3.8, 4) is 0 Å². The van der Waals surface area contributed by atoms with E-state index in [0.717, 1.165) is 6.42 Å². The SMILES string of the molecule is CC(C)CCC(O)[C@](C)(O)C1CC[C@@]2(O)C3=CC(=O)[C@]4(O)CC(O)C(O)C[C@]4(C)C3C(O)C[C@]12C. The van der Waals surface area contributed by atoms with E-state index in [2.05, 4.69) is 0 Å². The van der Waals surface area contributed by atoms with Crippen LogP contribution in [0.15, 0.2) is 11.6 Å². The Balaban J connectivity index is 1.76. The molecule has 6 unspecified atom stereocenters. The second-order valence-electron chi connectivity index (χ2n) is 13.1. The summed E-state index contributed by atoms with van der Waals surface area (Å²) >= 11 is 0. The predicted molar refractivity (Wildman–Crippen MR) is 128 cm³/mol.